The molecule has 4 nitrogen and oxygen atoms in total. The Morgan fingerprint density at radius 3 is 2.76 bits per heavy atom. The lowest BCUT2D eigenvalue weighted by Crippen LogP contribution is -2.31. The van der Waals surface area contributed by atoms with E-state index in [1.165, 1.54) is 17.3 Å². The van der Waals surface area contributed by atoms with Gasteiger partial charge < -0.3 is 9.67 Å². The van der Waals surface area contributed by atoms with E-state index >= 15 is 0 Å². The number of fused-ring (bicyclic) bond motifs is 1. The summed E-state index contributed by atoms with van der Waals surface area (Å²) >= 11 is 0. The molecule has 3 rings (SSSR count). The highest BCUT2D eigenvalue weighted by molar-refractivity contribution is 5.29. The van der Waals surface area contributed by atoms with Gasteiger partial charge in [-0.2, -0.15) is 0 Å². The van der Waals surface area contributed by atoms with Crippen LogP contribution in [0.2, 0.25) is 0 Å². The van der Waals surface area contributed by atoms with Gasteiger partial charge in [0.2, 0.25) is 5.43 Å². The van der Waals surface area contributed by atoms with Crippen molar-refractivity contribution in [2.24, 2.45) is 0 Å². The van der Waals surface area contributed by atoms with Crippen LogP contribution in [0.4, 0.5) is 0 Å². The summed E-state index contributed by atoms with van der Waals surface area (Å²) in [6, 6.07) is 10.1. The first-order chi connectivity index (χ1) is 10.2. The number of aromatic hydroxyl groups is 1. The van der Waals surface area contributed by atoms with Gasteiger partial charge in [-0.05, 0) is 24.5 Å². The Kier molecular flexibility index (Phi) is 3.80. The van der Waals surface area contributed by atoms with E-state index in [4.69, 9.17) is 0 Å². The van der Waals surface area contributed by atoms with E-state index in [0.717, 1.165) is 38.3 Å². The Balaban J connectivity index is 1.82. The number of pyridine rings is 1. The van der Waals surface area contributed by atoms with Crippen molar-refractivity contribution < 1.29 is 5.11 Å². The molecule has 1 aromatic heterocycles. The van der Waals surface area contributed by atoms with Crippen molar-refractivity contribution in [3.63, 3.8) is 0 Å². The lowest BCUT2D eigenvalue weighted by molar-refractivity contribution is 0.238. The van der Waals surface area contributed by atoms with Gasteiger partial charge in [0.1, 0.15) is 0 Å². The summed E-state index contributed by atoms with van der Waals surface area (Å²) in [6.45, 7) is 5.40. The van der Waals surface area contributed by atoms with E-state index in [-0.39, 0.29) is 11.2 Å². The quantitative estimate of drug-likeness (QED) is 0.939. The predicted molar refractivity (Wildman–Crippen MR) is 82.3 cm³/mol. The Morgan fingerprint density at radius 2 is 2.00 bits per heavy atom. The summed E-state index contributed by atoms with van der Waals surface area (Å²) in [5, 5.41) is 9.54. The molecule has 2 aromatic rings. The minimum atomic E-state index is -0.299. The van der Waals surface area contributed by atoms with E-state index in [2.05, 4.69) is 29.2 Å². The van der Waals surface area contributed by atoms with E-state index < -0.39 is 0 Å². The van der Waals surface area contributed by atoms with Gasteiger partial charge in [-0.1, -0.05) is 24.3 Å². The van der Waals surface area contributed by atoms with Crippen LogP contribution < -0.4 is 5.43 Å². The molecule has 0 atom stereocenters. The fourth-order valence-corrected chi connectivity index (χ4v) is 2.95. The first-order valence-electron chi connectivity index (χ1n) is 7.39. The third kappa shape index (κ3) is 2.85. The predicted octanol–water partition coefficient (Wildman–Crippen LogP) is 2.13. The van der Waals surface area contributed by atoms with Crippen LogP contribution in [0, 0.1) is 0 Å². The molecule has 0 radical (unpaired) electrons. The molecule has 0 fully saturated rings. The molecule has 0 saturated heterocycles. The number of benzene rings is 1. The standard InChI is InChI=1S/C17H20N2O2/c1-2-19-12-17(21)16(20)9-15(19)11-18-8-7-13-5-3-4-6-14(13)10-18/h3-6,9,12,21H,2,7-8,10-11H2,1H3. The maximum absolute atomic E-state index is 11.7. The lowest BCUT2D eigenvalue weighted by atomic mass is 10.00. The molecule has 1 aliphatic heterocycles. The summed E-state index contributed by atoms with van der Waals surface area (Å²) in [6.07, 6.45) is 2.58. The second-order valence-electron chi connectivity index (χ2n) is 5.53. The topological polar surface area (TPSA) is 45.5 Å². The van der Waals surface area contributed by atoms with E-state index in [9.17, 15) is 9.90 Å². The van der Waals surface area contributed by atoms with Crippen LogP contribution in [0.15, 0.2) is 41.3 Å². The molecule has 0 aliphatic carbocycles. The molecule has 0 unspecified atom stereocenters. The zero-order valence-corrected chi connectivity index (χ0v) is 12.2. The molecule has 1 aliphatic rings. The molecule has 1 N–H and O–H groups in total. The van der Waals surface area contributed by atoms with Crippen molar-refractivity contribution in [1.29, 1.82) is 0 Å². The van der Waals surface area contributed by atoms with Crippen LogP contribution in [0.5, 0.6) is 5.75 Å². The number of rotatable bonds is 3. The van der Waals surface area contributed by atoms with E-state index in [1.807, 2.05) is 11.5 Å². The molecule has 0 spiro atoms. The molecule has 0 bridgehead atoms. The summed E-state index contributed by atoms with van der Waals surface area (Å²) in [5.41, 5.74) is 3.45. The number of aromatic nitrogens is 1. The number of hydrogen-bond acceptors (Lipinski definition) is 3. The maximum Gasteiger partial charge on any atom is 0.223 e. The average Bonchev–Trinajstić information content (AvgIpc) is 2.50. The van der Waals surface area contributed by atoms with Crippen LogP contribution in [-0.2, 0) is 26.1 Å². The van der Waals surface area contributed by atoms with Crippen LogP contribution in [0.25, 0.3) is 0 Å². The molecular weight excluding hydrogens is 264 g/mol. The van der Waals surface area contributed by atoms with Gasteiger partial charge in [0.05, 0.1) is 6.20 Å². The van der Waals surface area contributed by atoms with Gasteiger partial charge in [-0.25, -0.2) is 0 Å². The Morgan fingerprint density at radius 1 is 1.24 bits per heavy atom. The van der Waals surface area contributed by atoms with Gasteiger partial charge in [-0.3, -0.25) is 9.69 Å². The van der Waals surface area contributed by atoms with Crippen molar-refractivity contribution in [2.45, 2.75) is 33.0 Å². The van der Waals surface area contributed by atoms with E-state index in [0.29, 0.717) is 0 Å². The Bertz CT molecular complexity index is 706. The van der Waals surface area contributed by atoms with Gasteiger partial charge in [0, 0.05) is 37.9 Å². The number of nitrogens with zero attached hydrogens (tertiary/aromatic N) is 2. The molecule has 110 valence electrons. The fourth-order valence-electron chi connectivity index (χ4n) is 2.95. The minimum Gasteiger partial charge on any atom is -0.503 e. The molecule has 1 aromatic carbocycles. The second kappa shape index (κ2) is 5.74. The van der Waals surface area contributed by atoms with Crippen molar-refractivity contribution in [2.75, 3.05) is 6.54 Å². The highest BCUT2D eigenvalue weighted by Gasteiger charge is 2.17. The molecule has 4 heteroatoms. The summed E-state index contributed by atoms with van der Waals surface area (Å²) in [5.74, 6) is -0.176. The first-order valence-corrected chi connectivity index (χ1v) is 7.39. The number of hydrogen-bond donors (Lipinski definition) is 1. The summed E-state index contributed by atoms with van der Waals surface area (Å²) < 4.78 is 1.94. The Labute approximate surface area is 124 Å². The third-order valence-corrected chi connectivity index (χ3v) is 4.13. The van der Waals surface area contributed by atoms with Crippen molar-refractivity contribution >= 4 is 0 Å². The van der Waals surface area contributed by atoms with Gasteiger partial charge in [-0.15, -0.1) is 0 Å². The van der Waals surface area contributed by atoms with Crippen molar-refractivity contribution in [3.05, 3.63) is 63.6 Å². The van der Waals surface area contributed by atoms with Gasteiger partial charge >= 0.3 is 0 Å². The van der Waals surface area contributed by atoms with Crippen molar-refractivity contribution in [1.82, 2.24) is 9.47 Å². The first kappa shape index (κ1) is 13.9. The second-order valence-corrected chi connectivity index (χ2v) is 5.53. The average molecular weight is 284 g/mol. The smallest absolute Gasteiger partial charge is 0.223 e. The lowest BCUT2D eigenvalue weighted by Gasteiger charge is -2.29. The Hall–Kier alpha value is -2.07. The molecular formula is C17H20N2O2. The molecule has 21 heavy (non-hydrogen) atoms. The zero-order valence-electron chi connectivity index (χ0n) is 12.2. The van der Waals surface area contributed by atoms with Crippen LogP contribution >= 0.6 is 0 Å². The molecule has 2 heterocycles. The van der Waals surface area contributed by atoms with E-state index in [1.54, 1.807) is 6.07 Å². The summed E-state index contributed by atoms with van der Waals surface area (Å²) in [4.78, 5) is 14.0. The fraction of sp³-hybridized carbons (Fsp3) is 0.353. The molecule has 0 saturated carbocycles. The largest absolute Gasteiger partial charge is 0.503 e. The monoisotopic (exact) mass is 284 g/mol. The van der Waals surface area contributed by atoms with Gasteiger partial charge in [0.25, 0.3) is 0 Å². The number of aryl methyl sites for hydroxylation is 1. The van der Waals surface area contributed by atoms with Crippen molar-refractivity contribution in [3.8, 4) is 5.75 Å². The molecule has 0 amide bonds. The SMILES string of the molecule is CCn1cc(O)c(=O)cc1CN1CCc2ccccc2C1. The third-order valence-electron chi connectivity index (χ3n) is 4.13. The highest BCUT2D eigenvalue weighted by Crippen LogP contribution is 2.20. The van der Waals surface area contributed by atoms with Crippen LogP contribution in [0.3, 0.4) is 0 Å². The zero-order chi connectivity index (χ0) is 14.8. The highest BCUT2D eigenvalue weighted by atomic mass is 16.3. The minimum absolute atomic E-state index is 0.176. The normalized spacial score (nSPS) is 14.9. The maximum atomic E-state index is 11.7. The summed E-state index contributed by atoms with van der Waals surface area (Å²) in [7, 11) is 0. The van der Waals surface area contributed by atoms with Crippen LogP contribution in [0.1, 0.15) is 23.7 Å². The van der Waals surface area contributed by atoms with Gasteiger partial charge in [0.15, 0.2) is 5.75 Å². The van der Waals surface area contributed by atoms with Crippen LogP contribution in [-0.4, -0.2) is 21.1 Å².